The van der Waals surface area contributed by atoms with Gasteiger partial charge in [0.2, 0.25) is 5.91 Å². The fourth-order valence-corrected chi connectivity index (χ4v) is 6.56. The number of halogens is 2. The molecule has 1 aliphatic rings. The molecular weight excluding hydrogens is 448 g/mol. The second kappa shape index (κ2) is 7.75. The molecule has 0 radical (unpaired) electrons. The highest BCUT2D eigenvalue weighted by Crippen LogP contribution is 2.31. The van der Waals surface area contributed by atoms with Crippen molar-refractivity contribution in [1.82, 2.24) is 4.31 Å². The lowest BCUT2D eigenvalue weighted by Gasteiger charge is -2.30. The average Bonchev–Trinajstić information content (AvgIpc) is 3.02. The molecule has 1 amide bonds. The Bertz CT molecular complexity index is 877. The Balaban J connectivity index is 1.61. The van der Waals surface area contributed by atoms with Crippen molar-refractivity contribution in [2.24, 2.45) is 5.92 Å². The van der Waals surface area contributed by atoms with Gasteiger partial charge in [0, 0.05) is 29.7 Å². The summed E-state index contributed by atoms with van der Waals surface area (Å²) in [6.45, 7) is 0.678. The number of carbonyl (C=O) groups excluding carboxylic acids is 1. The van der Waals surface area contributed by atoms with E-state index in [4.69, 9.17) is 11.6 Å². The molecule has 134 valence electrons. The summed E-state index contributed by atoms with van der Waals surface area (Å²) in [4.78, 5) is 12.4. The minimum absolute atomic E-state index is 0.0989. The van der Waals surface area contributed by atoms with Gasteiger partial charge >= 0.3 is 0 Å². The normalized spacial score (nSPS) is 16.7. The van der Waals surface area contributed by atoms with Gasteiger partial charge in [-0.05, 0) is 59.1 Å². The topological polar surface area (TPSA) is 66.5 Å². The number of nitrogens with zero attached hydrogens (tertiary/aromatic N) is 1. The molecule has 5 nitrogen and oxygen atoms in total. The van der Waals surface area contributed by atoms with Crippen molar-refractivity contribution >= 4 is 60.5 Å². The Morgan fingerprint density at radius 1 is 1.24 bits per heavy atom. The van der Waals surface area contributed by atoms with Gasteiger partial charge in [0.25, 0.3) is 10.0 Å². The van der Waals surface area contributed by atoms with E-state index in [1.165, 1.54) is 15.6 Å². The summed E-state index contributed by atoms with van der Waals surface area (Å²) in [5.74, 6) is -0.307. The molecular formula is C16H16BrClN2O3S2. The molecule has 9 heteroatoms. The Hall–Kier alpha value is -0.930. The van der Waals surface area contributed by atoms with E-state index in [2.05, 4.69) is 21.2 Å². The average molecular weight is 464 g/mol. The number of hydrogen-bond acceptors (Lipinski definition) is 4. The van der Waals surface area contributed by atoms with E-state index in [1.807, 2.05) is 0 Å². The number of piperidine rings is 1. The quantitative estimate of drug-likeness (QED) is 0.739. The first kappa shape index (κ1) is 18.8. The lowest BCUT2D eigenvalue weighted by atomic mass is 9.97. The first-order valence-electron chi connectivity index (χ1n) is 7.68. The lowest BCUT2D eigenvalue weighted by Crippen LogP contribution is -2.41. The van der Waals surface area contributed by atoms with Gasteiger partial charge in [0.15, 0.2) is 0 Å². The van der Waals surface area contributed by atoms with E-state index in [9.17, 15) is 13.2 Å². The van der Waals surface area contributed by atoms with Gasteiger partial charge in [0.1, 0.15) is 4.21 Å². The number of anilines is 1. The van der Waals surface area contributed by atoms with Crippen LogP contribution in [0.1, 0.15) is 12.8 Å². The highest BCUT2D eigenvalue weighted by atomic mass is 79.9. The predicted octanol–water partition coefficient (Wildman–Crippen LogP) is 4.20. The van der Waals surface area contributed by atoms with Crippen LogP contribution < -0.4 is 5.32 Å². The summed E-state index contributed by atoms with van der Waals surface area (Å²) in [5, 5.41) is 3.40. The Labute approximate surface area is 164 Å². The number of rotatable bonds is 4. The minimum Gasteiger partial charge on any atom is -0.326 e. The molecule has 1 fully saturated rings. The maximum absolute atomic E-state index is 12.6. The van der Waals surface area contributed by atoms with Crippen LogP contribution >= 0.6 is 38.9 Å². The molecule has 1 saturated heterocycles. The van der Waals surface area contributed by atoms with Crippen molar-refractivity contribution < 1.29 is 13.2 Å². The van der Waals surface area contributed by atoms with E-state index in [0.717, 1.165) is 3.79 Å². The van der Waals surface area contributed by atoms with Crippen molar-refractivity contribution in [3.05, 3.63) is 45.2 Å². The standard InChI is InChI=1S/C16H16BrClN2O3S2/c17-14-4-5-15(24-14)25(22,23)20-8-6-11(7-9-20)16(21)19-13-3-1-2-12(18)10-13/h1-5,10-11H,6-9H2,(H,19,21). The van der Waals surface area contributed by atoms with Crippen LogP contribution in [-0.2, 0) is 14.8 Å². The van der Waals surface area contributed by atoms with Gasteiger partial charge in [-0.2, -0.15) is 4.31 Å². The summed E-state index contributed by atoms with van der Waals surface area (Å²) in [6.07, 6.45) is 0.996. The van der Waals surface area contributed by atoms with Crippen LogP contribution in [-0.4, -0.2) is 31.7 Å². The predicted molar refractivity (Wildman–Crippen MR) is 104 cm³/mol. The number of carbonyl (C=O) groups is 1. The Kier molecular flexibility index (Phi) is 5.85. The van der Waals surface area contributed by atoms with Gasteiger partial charge in [-0.15, -0.1) is 11.3 Å². The molecule has 1 aromatic heterocycles. The molecule has 1 aromatic carbocycles. The first-order chi connectivity index (χ1) is 11.9. The van der Waals surface area contributed by atoms with Crippen LogP contribution in [0.25, 0.3) is 0 Å². The molecule has 0 unspecified atom stereocenters. The summed E-state index contributed by atoms with van der Waals surface area (Å²) < 4.78 is 27.8. The van der Waals surface area contributed by atoms with Crippen molar-refractivity contribution in [3.63, 3.8) is 0 Å². The van der Waals surface area contributed by atoms with Gasteiger partial charge in [0.05, 0.1) is 3.79 Å². The van der Waals surface area contributed by atoms with Crippen LogP contribution in [0.4, 0.5) is 5.69 Å². The first-order valence-corrected chi connectivity index (χ1v) is 11.1. The second-order valence-electron chi connectivity index (χ2n) is 5.74. The lowest BCUT2D eigenvalue weighted by molar-refractivity contribution is -0.120. The SMILES string of the molecule is O=C(Nc1cccc(Cl)c1)C1CCN(S(=O)(=O)c2ccc(Br)s2)CC1. The Morgan fingerprint density at radius 2 is 1.96 bits per heavy atom. The summed E-state index contributed by atoms with van der Waals surface area (Å²) in [7, 11) is -3.48. The van der Waals surface area contributed by atoms with E-state index in [1.54, 1.807) is 36.4 Å². The maximum atomic E-state index is 12.6. The number of sulfonamides is 1. The highest BCUT2D eigenvalue weighted by Gasteiger charge is 2.32. The van der Waals surface area contributed by atoms with Gasteiger partial charge in [-0.3, -0.25) is 4.79 Å². The molecule has 2 heterocycles. The van der Waals surface area contributed by atoms with E-state index in [-0.39, 0.29) is 11.8 Å². The van der Waals surface area contributed by atoms with Gasteiger partial charge in [-0.25, -0.2) is 8.42 Å². The second-order valence-corrected chi connectivity index (χ2v) is 10.8. The van der Waals surface area contributed by atoms with E-state index >= 15 is 0 Å². The molecule has 0 saturated carbocycles. The van der Waals surface area contributed by atoms with Gasteiger partial charge < -0.3 is 5.32 Å². The fourth-order valence-electron chi connectivity index (χ4n) is 2.73. The largest absolute Gasteiger partial charge is 0.326 e. The molecule has 0 bridgehead atoms. The third kappa shape index (κ3) is 4.43. The summed E-state index contributed by atoms with van der Waals surface area (Å²) in [6, 6.07) is 10.3. The zero-order valence-corrected chi connectivity index (χ0v) is 17.1. The van der Waals surface area contributed by atoms with Crippen molar-refractivity contribution in [3.8, 4) is 0 Å². The van der Waals surface area contributed by atoms with Crippen LogP contribution in [0.5, 0.6) is 0 Å². The number of benzene rings is 1. The van der Waals surface area contributed by atoms with Crippen LogP contribution in [0.15, 0.2) is 44.4 Å². The molecule has 0 aliphatic carbocycles. The van der Waals surface area contributed by atoms with E-state index in [0.29, 0.717) is 40.9 Å². The fraction of sp³-hybridized carbons (Fsp3) is 0.312. The number of thiophene rings is 1. The minimum atomic E-state index is -3.48. The monoisotopic (exact) mass is 462 g/mol. The van der Waals surface area contributed by atoms with Crippen molar-refractivity contribution in [1.29, 1.82) is 0 Å². The number of nitrogens with one attached hydrogen (secondary N) is 1. The van der Waals surface area contributed by atoms with Crippen molar-refractivity contribution in [2.45, 2.75) is 17.1 Å². The zero-order valence-electron chi connectivity index (χ0n) is 13.1. The van der Waals surface area contributed by atoms with Crippen molar-refractivity contribution in [2.75, 3.05) is 18.4 Å². The third-order valence-electron chi connectivity index (χ3n) is 4.06. The van der Waals surface area contributed by atoms with Crippen LogP contribution in [0.3, 0.4) is 0 Å². The molecule has 0 atom stereocenters. The van der Waals surface area contributed by atoms with Crippen LogP contribution in [0, 0.1) is 5.92 Å². The molecule has 0 spiro atoms. The maximum Gasteiger partial charge on any atom is 0.252 e. The van der Waals surface area contributed by atoms with Gasteiger partial charge in [-0.1, -0.05) is 17.7 Å². The van der Waals surface area contributed by atoms with E-state index < -0.39 is 10.0 Å². The molecule has 1 aliphatic heterocycles. The Morgan fingerprint density at radius 3 is 2.56 bits per heavy atom. The van der Waals surface area contributed by atoms with Crippen LogP contribution in [0.2, 0.25) is 5.02 Å². The zero-order chi connectivity index (χ0) is 18.0. The summed E-state index contributed by atoms with van der Waals surface area (Å²) in [5.41, 5.74) is 0.649. The molecule has 25 heavy (non-hydrogen) atoms. The highest BCUT2D eigenvalue weighted by molar-refractivity contribution is 9.11. The number of hydrogen-bond donors (Lipinski definition) is 1. The smallest absolute Gasteiger partial charge is 0.252 e. The molecule has 2 aromatic rings. The number of amides is 1. The molecule has 1 N–H and O–H groups in total. The summed E-state index contributed by atoms with van der Waals surface area (Å²) >= 11 is 10.4. The molecule has 3 rings (SSSR count). The third-order valence-corrected chi connectivity index (χ3v) is 8.28.